The van der Waals surface area contributed by atoms with Crippen molar-refractivity contribution in [2.75, 3.05) is 6.61 Å². The van der Waals surface area contributed by atoms with Gasteiger partial charge in [-0.2, -0.15) is 0 Å². The Hall–Kier alpha value is -1.05. The molecule has 10 heavy (non-hydrogen) atoms. The summed E-state index contributed by atoms with van der Waals surface area (Å²) < 4.78 is 4.13. The predicted molar refractivity (Wildman–Crippen MR) is 32.6 cm³/mol. The summed E-state index contributed by atoms with van der Waals surface area (Å²) in [4.78, 5) is 10.2. The highest BCUT2D eigenvalue weighted by Gasteiger charge is 2.04. The van der Waals surface area contributed by atoms with Crippen molar-refractivity contribution in [1.82, 2.24) is 0 Å². The Labute approximate surface area is 58.4 Å². The zero-order valence-electron chi connectivity index (χ0n) is 5.50. The van der Waals surface area contributed by atoms with E-state index in [9.17, 15) is 4.79 Å². The van der Waals surface area contributed by atoms with Gasteiger partial charge in [0.05, 0.1) is 0 Å². The Balaban J connectivity index is 3.64. The molecule has 0 aromatic heterocycles. The summed E-state index contributed by atoms with van der Waals surface area (Å²) >= 11 is 0. The Kier molecular flexibility index (Phi) is 4.29. The van der Waals surface area contributed by atoms with Crippen LogP contribution < -0.4 is 0 Å². The molecule has 0 fully saturated rings. The third-order valence-electron chi connectivity index (χ3n) is 0.640. The number of hydrogen-bond donors (Lipinski definition) is 2. The molecule has 0 heterocycles. The van der Waals surface area contributed by atoms with Crippen molar-refractivity contribution in [3.05, 3.63) is 0 Å². The van der Waals surface area contributed by atoms with E-state index in [0.29, 0.717) is 0 Å². The van der Waals surface area contributed by atoms with Gasteiger partial charge in [0, 0.05) is 0 Å². The van der Waals surface area contributed by atoms with Crippen LogP contribution in [0.25, 0.3) is 0 Å². The summed E-state index contributed by atoms with van der Waals surface area (Å²) in [7, 11) is 0. The summed E-state index contributed by atoms with van der Waals surface area (Å²) in [6, 6.07) is 0. The van der Waals surface area contributed by atoms with E-state index in [1.807, 2.05) is 0 Å². The SMILES string of the molecule is CC#CC(O)OC(=O)CO. The molecule has 0 saturated heterocycles. The van der Waals surface area contributed by atoms with Crippen molar-refractivity contribution in [2.24, 2.45) is 0 Å². The molecule has 0 aliphatic carbocycles. The van der Waals surface area contributed by atoms with E-state index in [1.165, 1.54) is 6.92 Å². The van der Waals surface area contributed by atoms with Gasteiger partial charge in [-0.05, 0) is 12.8 Å². The first-order valence-electron chi connectivity index (χ1n) is 2.61. The minimum Gasteiger partial charge on any atom is -0.422 e. The van der Waals surface area contributed by atoms with Gasteiger partial charge in [0.1, 0.15) is 6.61 Å². The molecule has 0 bridgehead atoms. The van der Waals surface area contributed by atoms with Crippen LogP contribution in [-0.4, -0.2) is 29.1 Å². The Morgan fingerprint density at radius 1 is 1.80 bits per heavy atom. The van der Waals surface area contributed by atoms with Crippen LogP contribution in [0.5, 0.6) is 0 Å². The fourth-order valence-corrected chi connectivity index (χ4v) is 0.315. The standard InChI is InChI=1S/C6H8O4/c1-2-3-5(8)10-6(9)4-7/h5,7-8H,4H2,1H3. The van der Waals surface area contributed by atoms with Crippen LogP contribution in [0.1, 0.15) is 6.92 Å². The van der Waals surface area contributed by atoms with Gasteiger partial charge in [0.25, 0.3) is 6.29 Å². The lowest BCUT2D eigenvalue weighted by Gasteiger charge is -2.02. The summed E-state index contributed by atoms with van der Waals surface area (Å²) in [5.74, 6) is 3.61. The molecular weight excluding hydrogens is 136 g/mol. The van der Waals surface area contributed by atoms with Gasteiger partial charge in [-0.1, -0.05) is 0 Å². The largest absolute Gasteiger partial charge is 0.422 e. The molecule has 0 rings (SSSR count). The lowest BCUT2D eigenvalue weighted by Crippen LogP contribution is -2.18. The highest BCUT2D eigenvalue weighted by Crippen LogP contribution is 1.84. The number of hydrogen-bond acceptors (Lipinski definition) is 4. The van der Waals surface area contributed by atoms with Gasteiger partial charge in [-0.3, -0.25) is 0 Å². The lowest BCUT2D eigenvalue weighted by atomic mass is 10.6. The van der Waals surface area contributed by atoms with Crippen LogP contribution in [0.15, 0.2) is 0 Å². The van der Waals surface area contributed by atoms with E-state index >= 15 is 0 Å². The van der Waals surface area contributed by atoms with Gasteiger partial charge in [0.15, 0.2) is 0 Å². The number of aliphatic hydroxyl groups excluding tert-OH is 2. The zero-order chi connectivity index (χ0) is 7.98. The fraction of sp³-hybridized carbons (Fsp3) is 0.500. The highest BCUT2D eigenvalue weighted by atomic mass is 16.6. The summed E-state index contributed by atoms with van der Waals surface area (Å²) in [5, 5.41) is 16.7. The first-order valence-corrected chi connectivity index (χ1v) is 2.61. The number of aliphatic hydroxyl groups is 2. The van der Waals surface area contributed by atoms with Crippen molar-refractivity contribution in [1.29, 1.82) is 0 Å². The van der Waals surface area contributed by atoms with Crippen LogP contribution in [-0.2, 0) is 9.53 Å². The van der Waals surface area contributed by atoms with Crippen molar-refractivity contribution in [3.8, 4) is 11.8 Å². The van der Waals surface area contributed by atoms with E-state index in [1.54, 1.807) is 0 Å². The Morgan fingerprint density at radius 3 is 2.80 bits per heavy atom. The summed E-state index contributed by atoms with van der Waals surface area (Å²) in [6.45, 7) is 0.748. The minimum atomic E-state index is -1.43. The molecule has 2 N–H and O–H groups in total. The van der Waals surface area contributed by atoms with Crippen molar-refractivity contribution in [2.45, 2.75) is 13.2 Å². The average Bonchev–Trinajstić information content (AvgIpc) is 1.88. The number of esters is 1. The number of ether oxygens (including phenoxy) is 1. The molecule has 0 radical (unpaired) electrons. The fourth-order valence-electron chi connectivity index (χ4n) is 0.315. The maximum atomic E-state index is 10.2. The van der Waals surface area contributed by atoms with Gasteiger partial charge >= 0.3 is 5.97 Å². The monoisotopic (exact) mass is 144 g/mol. The smallest absolute Gasteiger partial charge is 0.334 e. The molecule has 0 spiro atoms. The second kappa shape index (κ2) is 4.79. The maximum Gasteiger partial charge on any atom is 0.334 e. The number of rotatable bonds is 2. The molecule has 0 aliphatic heterocycles. The third-order valence-corrected chi connectivity index (χ3v) is 0.640. The van der Waals surface area contributed by atoms with E-state index in [0.717, 1.165) is 0 Å². The molecular formula is C6H8O4. The second-order valence-electron chi connectivity index (χ2n) is 1.39. The van der Waals surface area contributed by atoms with E-state index in [4.69, 9.17) is 10.2 Å². The quantitative estimate of drug-likeness (QED) is 0.292. The summed E-state index contributed by atoms with van der Waals surface area (Å²) in [6.07, 6.45) is -1.43. The van der Waals surface area contributed by atoms with Crippen LogP contribution in [0, 0.1) is 11.8 Å². The topological polar surface area (TPSA) is 66.8 Å². The van der Waals surface area contributed by atoms with Crippen LogP contribution >= 0.6 is 0 Å². The van der Waals surface area contributed by atoms with Gasteiger partial charge < -0.3 is 14.9 Å². The number of carbonyl (C=O) groups excluding carboxylic acids is 1. The molecule has 0 aromatic rings. The molecule has 56 valence electrons. The minimum absolute atomic E-state index is 0.748. The Bertz CT molecular complexity index is 164. The molecule has 4 heteroatoms. The van der Waals surface area contributed by atoms with Crippen LogP contribution in [0.4, 0.5) is 0 Å². The molecule has 0 saturated carbocycles. The molecule has 4 nitrogen and oxygen atoms in total. The van der Waals surface area contributed by atoms with E-state index < -0.39 is 18.9 Å². The first-order chi connectivity index (χ1) is 4.70. The zero-order valence-corrected chi connectivity index (χ0v) is 5.50. The molecule has 0 amide bonds. The third kappa shape index (κ3) is 3.89. The normalized spacial score (nSPS) is 11.1. The molecule has 0 aliphatic rings. The average molecular weight is 144 g/mol. The van der Waals surface area contributed by atoms with Crippen molar-refractivity contribution < 1.29 is 19.7 Å². The van der Waals surface area contributed by atoms with E-state index in [2.05, 4.69) is 16.6 Å². The number of carbonyl (C=O) groups is 1. The van der Waals surface area contributed by atoms with Gasteiger partial charge in [0.2, 0.25) is 0 Å². The Morgan fingerprint density at radius 2 is 2.40 bits per heavy atom. The maximum absolute atomic E-state index is 10.2. The summed E-state index contributed by atoms with van der Waals surface area (Å²) in [5.41, 5.74) is 0. The predicted octanol–water partition coefficient (Wildman–Crippen LogP) is -1.14. The second-order valence-corrected chi connectivity index (χ2v) is 1.39. The van der Waals surface area contributed by atoms with Gasteiger partial charge in [-0.25, -0.2) is 4.79 Å². The van der Waals surface area contributed by atoms with Gasteiger partial charge in [-0.15, -0.1) is 5.92 Å². The van der Waals surface area contributed by atoms with Crippen molar-refractivity contribution >= 4 is 5.97 Å². The first kappa shape index (κ1) is 8.95. The van der Waals surface area contributed by atoms with Crippen molar-refractivity contribution in [3.63, 3.8) is 0 Å². The molecule has 0 aromatic carbocycles. The lowest BCUT2D eigenvalue weighted by molar-refractivity contribution is -0.162. The molecule has 1 atom stereocenters. The molecule has 1 unspecified atom stereocenters. The van der Waals surface area contributed by atoms with E-state index in [-0.39, 0.29) is 0 Å². The highest BCUT2D eigenvalue weighted by molar-refractivity contribution is 5.70. The van der Waals surface area contributed by atoms with Crippen LogP contribution in [0.2, 0.25) is 0 Å². The van der Waals surface area contributed by atoms with Crippen LogP contribution in [0.3, 0.4) is 0 Å².